The average Bonchev–Trinajstić information content (AvgIpc) is 2.96. The maximum atomic E-state index is 14.5. The molecule has 152 valence electrons. The molecule has 0 atom stereocenters. The topological polar surface area (TPSA) is 65.1 Å². The first-order valence-corrected chi connectivity index (χ1v) is 10.0. The summed E-state index contributed by atoms with van der Waals surface area (Å²) in [5, 5.41) is 1.08. The quantitative estimate of drug-likeness (QED) is 0.528. The van der Waals surface area contributed by atoms with Crippen LogP contribution in [0.5, 0.6) is 0 Å². The molecule has 0 fully saturated rings. The minimum Gasteiger partial charge on any atom is -0.366 e. The summed E-state index contributed by atoms with van der Waals surface area (Å²) in [6.07, 6.45) is 1.48. The highest BCUT2D eigenvalue weighted by molar-refractivity contribution is 6.30. The number of carbonyl (C=O) groups is 2. The van der Waals surface area contributed by atoms with Gasteiger partial charge in [-0.2, -0.15) is 0 Å². The lowest BCUT2D eigenvalue weighted by Crippen LogP contribution is -2.13. The molecule has 0 radical (unpaired) electrons. The molecule has 1 amide bonds. The zero-order valence-corrected chi connectivity index (χ0v) is 17.5. The van der Waals surface area contributed by atoms with Crippen LogP contribution in [0.2, 0.25) is 5.02 Å². The molecule has 29 heavy (non-hydrogen) atoms. The Labute approximate surface area is 174 Å². The number of hydrogen-bond donors (Lipinski definition) is 1. The Kier molecular flexibility index (Phi) is 6.08. The maximum Gasteiger partial charge on any atom is 0.248 e. The van der Waals surface area contributed by atoms with Crippen molar-refractivity contribution in [3.05, 3.63) is 69.6 Å². The van der Waals surface area contributed by atoms with Gasteiger partial charge < -0.3 is 10.3 Å². The minimum atomic E-state index is -0.550. The van der Waals surface area contributed by atoms with E-state index in [-0.39, 0.29) is 18.2 Å². The van der Waals surface area contributed by atoms with E-state index < -0.39 is 11.7 Å². The number of aromatic nitrogens is 1. The van der Waals surface area contributed by atoms with Gasteiger partial charge in [0.05, 0.1) is 12.1 Å². The fraction of sp³-hybridized carbons (Fsp3) is 0.304. The molecule has 0 unspecified atom stereocenters. The molecule has 0 saturated carbocycles. The molecular weight excluding hydrogens is 391 g/mol. The Morgan fingerprint density at radius 2 is 1.90 bits per heavy atom. The molecule has 0 bridgehead atoms. The standard InChI is InChI=1S/C23H24ClFN2O2/c1-4-5-19-21(22(28)13(2)3)17-9-7-14(23(26)29)10-20(17)27(19)12-15-6-8-16(24)11-18(15)25/h6-11,13H,4-5,12H2,1-3H3,(H2,26,29). The molecule has 1 heterocycles. The number of ketones is 1. The molecule has 0 aliphatic carbocycles. The lowest BCUT2D eigenvalue weighted by Gasteiger charge is -2.13. The van der Waals surface area contributed by atoms with E-state index in [1.807, 2.05) is 25.3 Å². The first-order valence-electron chi connectivity index (χ1n) is 9.67. The summed E-state index contributed by atoms with van der Waals surface area (Å²) in [6.45, 7) is 5.97. The van der Waals surface area contributed by atoms with Gasteiger partial charge in [0, 0.05) is 38.7 Å². The second-order valence-corrected chi connectivity index (χ2v) is 7.95. The molecular formula is C23H24ClFN2O2. The molecule has 3 aromatic rings. The van der Waals surface area contributed by atoms with Crippen molar-refractivity contribution in [1.29, 1.82) is 0 Å². The fourth-order valence-electron chi connectivity index (χ4n) is 3.62. The highest BCUT2D eigenvalue weighted by atomic mass is 35.5. The predicted octanol–water partition coefficient (Wildman–Crippen LogP) is 5.37. The van der Waals surface area contributed by atoms with E-state index in [2.05, 4.69) is 0 Å². The summed E-state index contributed by atoms with van der Waals surface area (Å²) in [6, 6.07) is 9.63. The third kappa shape index (κ3) is 4.06. The minimum absolute atomic E-state index is 0.0283. The zero-order chi connectivity index (χ0) is 21.3. The van der Waals surface area contributed by atoms with Crippen LogP contribution in [0.4, 0.5) is 4.39 Å². The number of carbonyl (C=O) groups excluding carboxylic acids is 2. The molecule has 1 aromatic heterocycles. The van der Waals surface area contributed by atoms with Crippen LogP contribution in [0.25, 0.3) is 10.9 Å². The van der Waals surface area contributed by atoms with Crippen molar-refractivity contribution in [3.63, 3.8) is 0 Å². The first-order chi connectivity index (χ1) is 13.7. The summed E-state index contributed by atoms with van der Waals surface area (Å²) in [5.41, 5.74) is 8.45. The second kappa shape index (κ2) is 8.37. The first kappa shape index (κ1) is 21.1. The monoisotopic (exact) mass is 414 g/mol. The van der Waals surface area contributed by atoms with Gasteiger partial charge in [-0.1, -0.05) is 50.9 Å². The molecule has 0 aliphatic heterocycles. The number of rotatable bonds is 7. The normalized spacial score (nSPS) is 11.4. The van der Waals surface area contributed by atoms with Gasteiger partial charge >= 0.3 is 0 Å². The maximum absolute atomic E-state index is 14.5. The number of nitrogens with two attached hydrogens (primary N) is 1. The molecule has 3 rings (SSSR count). The summed E-state index contributed by atoms with van der Waals surface area (Å²) in [4.78, 5) is 24.8. The lowest BCUT2D eigenvalue weighted by atomic mass is 9.96. The molecule has 0 spiro atoms. The number of fused-ring (bicyclic) bond motifs is 1. The van der Waals surface area contributed by atoms with Gasteiger partial charge in [-0.05, 0) is 30.7 Å². The Hall–Kier alpha value is -2.66. The third-order valence-corrected chi connectivity index (χ3v) is 5.29. The smallest absolute Gasteiger partial charge is 0.248 e. The Morgan fingerprint density at radius 3 is 2.48 bits per heavy atom. The zero-order valence-electron chi connectivity index (χ0n) is 16.8. The van der Waals surface area contributed by atoms with E-state index in [1.54, 1.807) is 30.3 Å². The van der Waals surface area contributed by atoms with Crippen molar-refractivity contribution >= 4 is 34.2 Å². The predicted molar refractivity (Wildman–Crippen MR) is 114 cm³/mol. The van der Waals surface area contributed by atoms with E-state index in [4.69, 9.17) is 17.3 Å². The number of benzene rings is 2. The van der Waals surface area contributed by atoms with Gasteiger partial charge in [-0.25, -0.2) is 4.39 Å². The number of hydrogen-bond acceptors (Lipinski definition) is 2. The van der Waals surface area contributed by atoms with Crippen molar-refractivity contribution in [1.82, 2.24) is 4.57 Å². The Morgan fingerprint density at radius 1 is 1.17 bits per heavy atom. The average molecular weight is 415 g/mol. The number of halogens is 2. The van der Waals surface area contributed by atoms with E-state index in [1.165, 1.54) is 6.07 Å². The summed E-state index contributed by atoms with van der Waals surface area (Å²) >= 11 is 5.89. The fourth-order valence-corrected chi connectivity index (χ4v) is 3.78. The van der Waals surface area contributed by atoms with Gasteiger partial charge in [0.25, 0.3) is 0 Å². The van der Waals surface area contributed by atoms with Crippen LogP contribution in [0.1, 0.15) is 59.2 Å². The van der Waals surface area contributed by atoms with Crippen LogP contribution in [0.3, 0.4) is 0 Å². The SMILES string of the molecule is CCCc1c(C(=O)C(C)C)c2ccc(C(N)=O)cc2n1Cc1ccc(Cl)cc1F. The molecule has 2 aromatic carbocycles. The van der Waals surface area contributed by atoms with Crippen LogP contribution in [0, 0.1) is 11.7 Å². The van der Waals surface area contributed by atoms with Gasteiger partial charge in [-0.15, -0.1) is 0 Å². The largest absolute Gasteiger partial charge is 0.366 e. The molecule has 0 aliphatic rings. The molecule has 4 nitrogen and oxygen atoms in total. The molecule has 2 N–H and O–H groups in total. The third-order valence-electron chi connectivity index (χ3n) is 5.06. The number of nitrogens with zero attached hydrogens (tertiary/aromatic N) is 1. The lowest BCUT2D eigenvalue weighted by molar-refractivity contribution is 0.0939. The number of primary amides is 1. The van der Waals surface area contributed by atoms with Crippen molar-refractivity contribution in [2.24, 2.45) is 11.7 Å². The van der Waals surface area contributed by atoms with E-state index in [9.17, 15) is 14.0 Å². The molecule has 0 saturated heterocycles. The van der Waals surface area contributed by atoms with Crippen LogP contribution < -0.4 is 5.73 Å². The van der Waals surface area contributed by atoms with E-state index >= 15 is 0 Å². The molecule has 6 heteroatoms. The van der Waals surface area contributed by atoms with Crippen molar-refractivity contribution in [3.8, 4) is 0 Å². The summed E-state index contributed by atoms with van der Waals surface area (Å²) < 4.78 is 16.4. The van der Waals surface area contributed by atoms with Crippen LogP contribution in [0.15, 0.2) is 36.4 Å². The van der Waals surface area contributed by atoms with Gasteiger partial charge in [0.1, 0.15) is 5.82 Å². The Bertz CT molecular complexity index is 1100. The summed E-state index contributed by atoms with van der Waals surface area (Å²) in [7, 11) is 0. The van der Waals surface area contributed by atoms with Gasteiger partial charge in [-0.3, -0.25) is 9.59 Å². The Balaban J connectivity index is 2.32. The number of Topliss-reactive ketones (excluding diaryl/α,β-unsaturated/α-hetero) is 1. The van der Waals surface area contributed by atoms with Crippen molar-refractivity contribution in [2.75, 3.05) is 0 Å². The van der Waals surface area contributed by atoms with Crippen molar-refractivity contribution < 1.29 is 14.0 Å². The van der Waals surface area contributed by atoms with Crippen LogP contribution in [-0.2, 0) is 13.0 Å². The second-order valence-electron chi connectivity index (χ2n) is 7.51. The van der Waals surface area contributed by atoms with Crippen LogP contribution >= 0.6 is 11.6 Å². The van der Waals surface area contributed by atoms with Crippen molar-refractivity contribution in [2.45, 2.75) is 40.2 Å². The number of amides is 1. The van der Waals surface area contributed by atoms with Crippen LogP contribution in [-0.4, -0.2) is 16.3 Å². The van der Waals surface area contributed by atoms with E-state index in [0.29, 0.717) is 33.7 Å². The van der Waals surface area contributed by atoms with E-state index in [0.717, 1.165) is 17.5 Å². The van der Waals surface area contributed by atoms with Gasteiger partial charge in [0.2, 0.25) is 5.91 Å². The highest BCUT2D eigenvalue weighted by Crippen LogP contribution is 2.32. The van der Waals surface area contributed by atoms with Gasteiger partial charge in [0.15, 0.2) is 5.78 Å². The summed E-state index contributed by atoms with van der Waals surface area (Å²) in [5.74, 6) is -1.12. The highest BCUT2D eigenvalue weighted by Gasteiger charge is 2.25.